The summed E-state index contributed by atoms with van der Waals surface area (Å²) in [6.07, 6.45) is 2.17. The molecule has 0 aliphatic heterocycles. The van der Waals surface area contributed by atoms with E-state index in [2.05, 4.69) is 5.10 Å². The lowest BCUT2D eigenvalue weighted by Crippen LogP contribution is -2.10. The van der Waals surface area contributed by atoms with E-state index in [-0.39, 0.29) is 6.10 Å². The minimum atomic E-state index is -0.281. The van der Waals surface area contributed by atoms with Crippen LogP contribution in [0.15, 0.2) is 12.3 Å². The molecular formula is C8H14N2O. The molecule has 3 heteroatoms. The van der Waals surface area contributed by atoms with Crippen LogP contribution < -0.4 is 0 Å². The molecule has 1 N–H and O–H groups in total. The van der Waals surface area contributed by atoms with Crippen molar-refractivity contribution in [2.45, 2.75) is 32.9 Å². The van der Waals surface area contributed by atoms with Crippen LogP contribution >= 0.6 is 0 Å². The van der Waals surface area contributed by atoms with E-state index in [1.54, 1.807) is 13.1 Å². The molecule has 0 bridgehead atoms. The van der Waals surface area contributed by atoms with E-state index in [1.807, 2.05) is 17.7 Å². The van der Waals surface area contributed by atoms with Gasteiger partial charge in [0.1, 0.15) is 0 Å². The lowest BCUT2D eigenvalue weighted by atomic mass is 10.2. The Labute approximate surface area is 66.7 Å². The predicted molar refractivity (Wildman–Crippen MR) is 43.3 cm³/mol. The van der Waals surface area contributed by atoms with Gasteiger partial charge in [-0.2, -0.15) is 5.10 Å². The number of hydrogen-bond donors (Lipinski definition) is 1. The van der Waals surface area contributed by atoms with Crippen LogP contribution in [0.5, 0.6) is 0 Å². The Morgan fingerprint density at radius 1 is 1.73 bits per heavy atom. The first-order valence-electron chi connectivity index (χ1n) is 3.92. The third kappa shape index (κ3) is 2.05. The molecule has 0 unspecified atom stereocenters. The largest absolute Gasteiger partial charge is 0.393 e. The summed E-state index contributed by atoms with van der Waals surface area (Å²) in [7, 11) is 0. The third-order valence-electron chi connectivity index (χ3n) is 1.61. The minimum Gasteiger partial charge on any atom is -0.393 e. The number of aliphatic hydroxyl groups is 1. The van der Waals surface area contributed by atoms with Gasteiger partial charge in [-0.15, -0.1) is 0 Å². The van der Waals surface area contributed by atoms with Crippen LogP contribution in [0.2, 0.25) is 0 Å². The second-order valence-corrected chi connectivity index (χ2v) is 2.69. The molecule has 1 aromatic heterocycles. The smallest absolute Gasteiger partial charge is 0.0567 e. The molecule has 0 aliphatic rings. The highest BCUT2D eigenvalue weighted by molar-refractivity contribution is 5.01. The average molecular weight is 154 g/mol. The number of aromatic nitrogens is 2. The van der Waals surface area contributed by atoms with E-state index in [9.17, 15) is 0 Å². The zero-order valence-electron chi connectivity index (χ0n) is 6.99. The zero-order valence-corrected chi connectivity index (χ0v) is 6.99. The van der Waals surface area contributed by atoms with E-state index >= 15 is 0 Å². The van der Waals surface area contributed by atoms with Gasteiger partial charge in [0.05, 0.1) is 6.10 Å². The van der Waals surface area contributed by atoms with Gasteiger partial charge < -0.3 is 5.11 Å². The molecule has 0 aliphatic carbocycles. The Bertz CT molecular complexity index is 218. The molecule has 0 amide bonds. The molecule has 11 heavy (non-hydrogen) atoms. The molecule has 1 heterocycles. The monoisotopic (exact) mass is 154 g/mol. The summed E-state index contributed by atoms with van der Waals surface area (Å²) < 4.78 is 1.90. The van der Waals surface area contributed by atoms with E-state index in [1.165, 1.54) is 0 Å². The standard InChI is InChI=1S/C8H14N2O/c1-3-10-8(4-5-9-10)6-7(2)11/h4-5,7,11H,3,6H2,1-2H3/t7-/m0/s1. The Balaban J connectivity index is 2.68. The Morgan fingerprint density at radius 2 is 2.45 bits per heavy atom. The maximum Gasteiger partial charge on any atom is 0.0567 e. The first kappa shape index (κ1) is 8.27. The van der Waals surface area contributed by atoms with Crippen molar-refractivity contribution in [3.05, 3.63) is 18.0 Å². The van der Waals surface area contributed by atoms with Crippen LogP contribution in [0.1, 0.15) is 19.5 Å². The van der Waals surface area contributed by atoms with Gasteiger partial charge in [-0.1, -0.05) is 0 Å². The number of rotatable bonds is 3. The van der Waals surface area contributed by atoms with Crippen LogP contribution in [0.25, 0.3) is 0 Å². The van der Waals surface area contributed by atoms with Crippen molar-refractivity contribution in [3.8, 4) is 0 Å². The Morgan fingerprint density at radius 3 is 3.00 bits per heavy atom. The van der Waals surface area contributed by atoms with E-state index in [0.29, 0.717) is 6.42 Å². The summed E-state index contributed by atoms with van der Waals surface area (Å²) in [5.41, 5.74) is 1.10. The molecule has 1 atom stereocenters. The quantitative estimate of drug-likeness (QED) is 0.700. The third-order valence-corrected chi connectivity index (χ3v) is 1.61. The summed E-state index contributed by atoms with van der Waals surface area (Å²) in [6, 6.07) is 1.94. The van der Waals surface area contributed by atoms with Gasteiger partial charge in [0.25, 0.3) is 0 Å². The molecule has 0 saturated carbocycles. The second kappa shape index (κ2) is 3.53. The highest BCUT2D eigenvalue weighted by atomic mass is 16.3. The molecule has 1 rings (SSSR count). The second-order valence-electron chi connectivity index (χ2n) is 2.69. The molecule has 0 radical (unpaired) electrons. The van der Waals surface area contributed by atoms with Crippen LogP contribution in [0.3, 0.4) is 0 Å². The molecule has 0 spiro atoms. The molecular weight excluding hydrogens is 140 g/mol. The number of nitrogens with zero attached hydrogens (tertiary/aromatic N) is 2. The zero-order chi connectivity index (χ0) is 8.27. The lowest BCUT2D eigenvalue weighted by Gasteiger charge is -2.05. The van der Waals surface area contributed by atoms with Gasteiger partial charge in [0.2, 0.25) is 0 Å². The van der Waals surface area contributed by atoms with Crippen LogP contribution in [-0.4, -0.2) is 21.0 Å². The SMILES string of the molecule is CCn1nccc1C[C@H](C)O. The summed E-state index contributed by atoms with van der Waals surface area (Å²) in [5, 5.41) is 13.2. The summed E-state index contributed by atoms with van der Waals surface area (Å²) in [4.78, 5) is 0. The molecule has 3 nitrogen and oxygen atoms in total. The van der Waals surface area contributed by atoms with Crippen molar-refractivity contribution in [2.75, 3.05) is 0 Å². The summed E-state index contributed by atoms with van der Waals surface area (Å²) in [6.45, 7) is 4.70. The number of hydrogen-bond acceptors (Lipinski definition) is 2. The topological polar surface area (TPSA) is 38.0 Å². The first-order valence-corrected chi connectivity index (χ1v) is 3.92. The summed E-state index contributed by atoms with van der Waals surface area (Å²) in [5.74, 6) is 0. The number of aliphatic hydroxyl groups excluding tert-OH is 1. The summed E-state index contributed by atoms with van der Waals surface area (Å²) >= 11 is 0. The van der Waals surface area contributed by atoms with Crippen LogP contribution in [0, 0.1) is 0 Å². The fourth-order valence-corrected chi connectivity index (χ4v) is 1.12. The average Bonchev–Trinajstić information content (AvgIpc) is 2.34. The maximum absolute atomic E-state index is 9.10. The van der Waals surface area contributed by atoms with Crippen LogP contribution in [0.4, 0.5) is 0 Å². The minimum absolute atomic E-state index is 0.281. The molecule has 62 valence electrons. The van der Waals surface area contributed by atoms with Crippen molar-refractivity contribution in [1.29, 1.82) is 0 Å². The van der Waals surface area contributed by atoms with Gasteiger partial charge >= 0.3 is 0 Å². The van der Waals surface area contributed by atoms with E-state index < -0.39 is 0 Å². The van der Waals surface area contributed by atoms with Crippen molar-refractivity contribution in [3.63, 3.8) is 0 Å². The lowest BCUT2D eigenvalue weighted by molar-refractivity contribution is 0.192. The molecule has 0 saturated heterocycles. The maximum atomic E-state index is 9.10. The Kier molecular flexibility index (Phi) is 2.65. The fourth-order valence-electron chi connectivity index (χ4n) is 1.12. The highest BCUT2D eigenvalue weighted by Gasteiger charge is 2.03. The van der Waals surface area contributed by atoms with Crippen molar-refractivity contribution in [2.24, 2.45) is 0 Å². The van der Waals surface area contributed by atoms with Gasteiger partial charge in [-0.05, 0) is 19.9 Å². The number of aryl methyl sites for hydroxylation is 1. The molecule has 0 aromatic carbocycles. The van der Waals surface area contributed by atoms with Crippen molar-refractivity contribution >= 4 is 0 Å². The Hall–Kier alpha value is -0.830. The first-order chi connectivity index (χ1) is 5.24. The fraction of sp³-hybridized carbons (Fsp3) is 0.625. The van der Waals surface area contributed by atoms with Crippen molar-refractivity contribution in [1.82, 2.24) is 9.78 Å². The van der Waals surface area contributed by atoms with E-state index in [4.69, 9.17) is 5.11 Å². The van der Waals surface area contributed by atoms with E-state index in [0.717, 1.165) is 12.2 Å². The predicted octanol–water partition coefficient (Wildman–Crippen LogP) is 0.826. The normalized spacial score (nSPS) is 13.4. The highest BCUT2D eigenvalue weighted by Crippen LogP contribution is 2.02. The van der Waals surface area contributed by atoms with Crippen LogP contribution in [-0.2, 0) is 13.0 Å². The van der Waals surface area contributed by atoms with Gasteiger partial charge in [-0.3, -0.25) is 4.68 Å². The molecule has 0 fully saturated rings. The van der Waals surface area contributed by atoms with Crippen molar-refractivity contribution < 1.29 is 5.11 Å². The molecule has 1 aromatic rings. The van der Waals surface area contributed by atoms with Gasteiger partial charge in [-0.25, -0.2) is 0 Å². The van der Waals surface area contributed by atoms with Gasteiger partial charge in [0.15, 0.2) is 0 Å². The van der Waals surface area contributed by atoms with Gasteiger partial charge in [0, 0.05) is 24.9 Å².